The molecule has 0 bridgehead atoms. The fourth-order valence-corrected chi connectivity index (χ4v) is 4.85. The Morgan fingerprint density at radius 2 is 1.92 bits per heavy atom. The van der Waals surface area contributed by atoms with E-state index in [2.05, 4.69) is 10.0 Å². The molecular weight excluding hydrogens is 376 g/mol. The Kier molecular flexibility index (Phi) is 7.06. The molecule has 0 spiro atoms. The van der Waals surface area contributed by atoms with E-state index in [1.54, 1.807) is 0 Å². The van der Waals surface area contributed by atoms with Crippen LogP contribution in [-0.2, 0) is 19.9 Å². The van der Waals surface area contributed by atoms with Crippen molar-refractivity contribution in [2.24, 2.45) is 5.92 Å². The second-order valence-corrected chi connectivity index (χ2v) is 9.48. The predicted octanol–water partition coefficient (Wildman–Crippen LogP) is 0.797. The fraction of sp³-hybridized carbons (Fsp3) is 0.571. The third kappa shape index (κ3) is 4.82. The summed E-state index contributed by atoms with van der Waals surface area (Å²) in [5.74, 6) is 0.258. The smallest absolute Gasteiger partial charge is 0.244 e. The second kappa shape index (κ2) is 8.01. The topological polar surface area (TPSA) is 102 Å². The fourth-order valence-electron chi connectivity index (χ4n) is 2.55. The number of hydrogen-bond acceptors (Lipinski definition) is 6. The Morgan fingerprint density at radius 1 is 1.25 bits per heavy atom. The molecule has 10 heteroatoms. The molecule has 2 rings (SSSR count). The number of methoxy groups -OCH3 is 1. The van der Waals surface area contributed by atoms with E-state index < -0.39 is 19.9 Å². The molecule has 2 N–H and O–H groups in total. The van der Waals surface area contributed by atoms with Crippen LogP contribution >= 0.6 is 12.4 Å². The summed E-state index contributed by atoms with van der Waals surface area (Å²) in [5.41, 5.74) is 0. The number of sulfonamides is 1. The largest absolute Gasteiger partial charge is 0.495 e. The number of piperidine rings is 1. The number of rotatable bonds is 5. The van der Waals surface area contributed by atoms with Crippen LogP contribution in [0.15, 0.2) is 28.0 Å². The number of hydrogen-bond donors (Lipinski definition) is 2. The Hall–Kier alpha value is -0.870. The molecule has 0 radical (unpaired) electrons. The first-order chi connectivity index (χ1) is 10.6. The number of ether oxygens (including phenoxy) is 1. The molecule has 0 saturated carbocycles. The van der Waals surface area contributed by atoms with E-state index in [0.29, 0.717) is 6.42 Å². The third-order valence-corrected chi connectivity index (χ3v) is 6.57. The van der Waals surface area contributed by atoms with E-state index >= 15 is 0 Å². The average molecular weight is 399 g/mol. The molecule has 0 amide bonds. The van der Waals surface area contributed by atoms with Crippen molar-refractivity contribution in [3.8, 4) is 5.75 Å². The molecule has 24 heavy (non-hydrogen) atoms. The number of nitrogens with one attached hydrogen (secondary N) is 2. The Bertz CT molecular complexity index is 780. The normalized spacial score (nSPS) is 21.8. The van der Waals surface area contributed by atoms with Crippen LogP contribution in [-0.4, -0.2) is 49.3 Å². The van der Waals surface area contributed by atoms with Crippen LogP contribution in [0, 0.1) is 5.92 Å². The van der Waals surface area contributed by atoms with Crippen molar-refractivity contribution in [2.45, 2.75) is 29.2 Å². The summed E-state index contributed by atoms with van der Waals surface area (Å²) < 4.78 is 56.5. The van der Waals surface area contributed by atoms with Crippen LogP contribution in [0.3, 0.4) is 0 Å². The van der Waals surface area contributed by atoms with Gasteiger partial charge in [0.1, 0.15) is 10.6 Å². The lowest BCUT2D eigenvalue weighted by Gasteiger charge is -2.30. The summed E-state index contributed by atoms with van der Waals surface area (Å²) in [4.78, 5) is -0.217. The minimum atomic E-state index is -3.89. The predicted molar refractivity (Wildman–Crippen MR) is 94.1 cm³/mol. The minimum Gasteiger partial charge on any atom is -0.495 e. The molecule has 0 aliphatic carbocycles. The van der Waals surface area contributed by atoms with Gasteiger partial charge in [-0.3, -0.25) is 0 Å². The Morgan fingerprint density at radius 3 is 2.46 bits per heavy atom. The first-order valence-electron chi connectivity index (χ1n) is 7.26. The molecule has 1 heterocycles. The van der Waals surface area contributed by atoms with Crippen molar-refractivity contribution in [1.82, 2.24) is 10.0 Å². The van der Waals surface area contributed by atoms with Gasteiger partial charge in [-0.1, -0.05) is 6.92 Å². The van der Waals surface area contributed by atoms with Crippen molar-refractivity contribution in [3.63, 3.8) is 0 Å². The number of benzene rings is 1. The molecule has 2 atom stereocenters. The van der Waals surface area contributed by atoms with Crippen molar-refractivity contribution in [2.75, 3.05) is 26.5 Å². The van der Waals surface area contributed by atoms with E-state index in [9.17, 15) is 16.8 Å². The lowest BCUT2D eigenvalue weighted by Crippen LogP contribution is -2.48. The van der Waals surface area contributed by atoms with E-state index in [4.69, 9.17) is 4.74 Å². The van der Waals surface area contributed by atoms with Gasteiger partial charge in [-0.15, -0.1) is 12.4 Å². The van der Waals surface area contributed by atoms with Gasteiger partial charge in [0, 0.05) is 12.3 Å². The van der Waals surface area contributed by atoms with Gasteiger partial charge in [0.05, 0.1) is 12.0 Å². The lowest BCUT2D eigenvalue weighted by atomic mass is 9.97. The van der Waals surface area contributed by atoms with E-state index in [0.717, 1.165) is 25.4 Å². The molecule has 138 valence electrons. The molecule has 1 aliphatic rings. The first kappa shape index (κ1) is 21.2. The number of sulfone groups is 1. The molecule has 1 aromatic carbocycles. The van der Waals surface area contributed by atoms with Crippen LogP contribution < -0.4 is 14.8 Å². The quantitative estimate of drug-likeness (QED) is 0.760. The highest BCUT2D eigenvalue weighted by molar-refractivity contribution is 7.91. The Labute approximate surface area is 149 Å². The summed E-state index contributed by atoms with van der Waals surface area (Å²) in [5, 5.41) is 3.20. The molecule has 1 aromatic rings. The average Bonchev–Trinajstić information content (AvgIpc) is 2.48. The van der Waals surface area contributed by atoms with Gasteiger partial charge in [0.25, 0.3) is 0 Å². The zero-order valence-electron chi connectivity index (χ0n) is 13.8. The summed E-state index contributed by atoms with van der Waals surface area (Å²) in [7, 11) is -6.05. The van der Waals surface area contributed by atoms with Gasteiger partial charge in [-0.2, -0.15) is 0 Å². The second-order valence-electron chi connectivity index (χ2n) is 5.78. The van der Waals surface area contributed by atoms with E-state index in [1.165, 1.54) is 19.2 Å². The van der Waals surface area contributed by atoms with E-state index in [-0.39, 0.29) is 39.9 Å². The SMILES string of the molecule is COc1ccc(S(C)(=O)=O)cc1S(=O)(=O)NC1CCNCC1C.Cl. The summed E-state index contributed by atoms with van der Waals surface area (Å²) in [6, 6.07) is 3.63. The van der Waals surface area contributed by atoms with Crippen molar-refractivity contribution >= 4 is 32.3 Å². The summed E-state index contributed by atoms with van der Waals surface area (Å²) >= 11 is 0. The standard InChI is InChI=1S/C14H22N2O5S2.ClH/c1-10-9-15-7-6-12(10)16-23(19,20)14-8-11(22(3,17)18)4-5-13(14)21-2;/h4-5,8,10,12,15-16H,6-7,9H2,1-3H3;1H. The van der Waals surface area contributed by atoms with Crippen LogP contribution in [0.5, 0.6) is 5.75 Å². The van der Waals surface area contributed by atoms with Gasteiger partial charge >= 0.3 is 0 Å². The molecule has 1 fully saturated rings. The highest BCUT2D eigenvalue weighted by Crippen LogP contribution is 2.27. The molecule has 1 saturated heterocycles. The van der Waals surface area contributed by atoms with Gasteiger partial charge in [0.2, 0.25) is 10.0 Å². The van der Waals surface area contributed by atoms with Crippen LogP contribution in [0.1, 0.15) is 13.3 Å². The van der Waals surface area contributed by atoms with Crippen molar-refractivity contribution in [1.29, 1.82) is 0 Å². The summed E-state index contributed by atoms with van der Waals surface area (Å²) in [6.45, 7) is 3.43. The van der Waals surface area contributed by atoms with Gasteiger partial charge in [-0.25, -0.2) is 21.6 Å². The van der Waals surface area contributed by atoms with Crippen molar-refractivity contribution < 1.29 is 21.6 Å². The molecule has 1 aliphatic heterocycles. The molecular formula is C14H23ClN2O5S2. The van der Waals surface area contributed by atoms with Gasteiger partial charge < -0.3 is 10.1 Å². The molecule has 0 aromatic heterocycles. The Balaban J connectivity index is 0.00000288. The van der Waals surface area contributed by atoms with Crippen LogP contribution in [0.2, 0.25) is 0 Å². The zero-order valence-corrected chi connectivity index (χ0v) is 16.2. The van der Waals surface area contributed by atoms with Crippen LogP contribution in [0.4, 0.5) is 0 Å². The van der Waals surface area contributed by atoms with E-state index in [1.807, 2.05) is 6.92 Å². The zero-order chi connectivity index (χ0) is 17.3. The third-order valence-electron chi connectivity index (χ3n) is 3.94. The maximum atomic E-state index is 12.7. The lowest BCUT2D eigenvalue weighted by molar-refractivity contribution is 0.327. The molecule has 7 nitrogen and oxygen atoms in total. The summed E-state index contributed by atoms with van der Waals surface area (Å²) in [6.07, 6.45) is 1.71. The highest BCUT2D eigenvalue weighted by Gasteiger charge is 2.29. The van der Waals surface area contributed by atoms with Gasteiger partial charge in [0.15, 0.2) is 9.84 Å². The maximum absolute atomic E-state index is 12.7. The van der Waals surface area contributed by atoms with Crippen LogP contribution in [0.25, 0.3) is 0 Å². The maximum Gasteiger partial charge on any atom is 0.244 e. The van der Waals surface area contributed by atoms with Crippen molar-refractivity contribution in [3.05, 3.63) is 18.2 Å². The monoisotopic (exact) mass is 398 g/mol. The minimum absolute atomic E-state index is 0. The number of halogens is 1. The molecule has 2 unspecified atom stereocenters. The first-order valence-corrected chi connectivity index (χ1v) is 10.6. The highest BCUT2D eigenvalue weighted by atomic mass is 35.5. The van der Waals surface area contributed by atoms with Gasteiger partial charge in [-0.05, 0) is 43.6 Å².